The summed E-state index contributed by atoms with van der Waals surface area (Å²) in [7, 11) is 1.99. The third-order valence-electron chi connectivity index (χ3n) is 3.20. The molecule has 3 nitrogen and oxygen atoms in total. The highest BCUT2D eigenvalue weighted by Crippen LogP contribution is 2.29. The molecule has 19 heavy (non-hydrogen) atoms. The molecule has 0 radical (unpaired) electrons. The number of thiazole rings is 1. The fourth-order valence-electron chi connectivity index (χ4n) is 2.42. The lowest BCUT2D eigenvalue weighted by Gasteiger charge is -2.07. The lowest BCUT2D eigenvalue weighted by molar-refractivity contribution is 0.711. The van der Waals surface area contributed by atoms with Crippen molar-refractivity contribution in [1.82, 2.24) is 14.8 Å². The molecule has 104 valence electrons. The van der Waals surface area contributed by atoms with Gasteiger partial charge in [0.2, 0.25) is 0 Å². The third kappa shape index (κ3) is 3.06. The molecule has 0 saturated heterocycles. The molecule has 0 fully saturated rings. The van der Waals surface area contributed by atoms with E-state index < -0.39 is 0 Å². The summed E-state index contributed by atoms with van der Waals surface area (Å²) in [6.07, 6.45) is 3.04. The summed E-state index contributed by atoms with van der Waals surface area (Å²) in [5.74, 6) is 0.999. The summed E-state index contributed by atoms with van der Waals surface area (Å²) < 4.78 is 1.92. The molecule has 0 atom stereocenters. The number of aryl methyl sites for hydroxylation is 2. The van der Waals surface area contributed by atoms with Crippen LogP contribution in [0.4, 0.5) is 0 Å². The molecule has 4 heteroatoms. The standard InChI is InChI=1S/C15H23N3S/c1-9(2)14-12(8-18(6)17-14)7-13-15(10(3)4)19-11(5)16-13/h8-10H,7H2,1-6H3. The molecule has 0 amide bonds. The maximum Gasteiger partial charge on any atom is 0.0900 e. The monoisotopic (exact) mass is 277 g/mol. The Morgan fingerprint density at radius 1 is 1.21 bits per heavy atom. The van der Waals surface area contributed by atoms with Gasteiger partial charge < -0.3 is 0 Å². The van der Waals surface area contributed by atoms with Crippen molar-refractivity contribution in [2.45, 2.75) is 52.9 Å². The third-order valence-corrected chi connectivity index (χ3v) is 4.51. The first kappa shape index (κ1) is 14.3. The minimum atomic E-state index is 0.457. The maximum atomic E-state index is 4.72. The second kappa shape index (κ2) is 5.45. The van der Waals surface area contributed by atoms with Gasteiger partial charge >= 0.3 is 0 Å². The van der Waals surface area contributed by atoms with Crippen LogP contribution < -0.4 is 0 Å². The molecule has 0 aromatic carbocycles. The minimum absolute atomic E-state index is 0.457. The Labute approximate surface area is 119 Å². The molecule has 0 spiro atoms. The van der Waals surface area contributed by atoms with Gasteiger partial charge in [-0.15, -0.1) is 11.3 Å². The van der Waals surface area contributed by atoms with Crippen molar-refractivity contribution in [3.05, 3.63) is 33.0 Å². The Morgan fingerprint density at radius 3 is 2.47 bits per heavy atom. The second-order valence-electron chi connectivity index (χ2n) is 5.74. The number of nitrogens with zero attached hydrogens (tertiary/aromatic N) is 3. The van der Waals surface area contributed by atoms with Crippen molar-refractivity contribution in [1.29, 1.82) is 0 Å². The fourth-order valence-corrected chi connectivity index (χ4v) is 3.37. The van der Waals surface area contributed by atoms with E-state index in [1.807, 2.05) is 23.1 Å². The van der Waals surface area contributed by atoms with E-state index in [0.717, 1.165) is 11.4 Å². The highest BCUT2D eigenvalue weighted by Gasteiger charge is 2.17. The molecule has 0 aliphatic carbocycles. The van der Waals surface area contributed by atoms with Crippen molar-refractivity contribution in [3.63, 3.8) is 0 Å². The second-order valence-corrected chi connectivity index (χ2v) is 6.98. The van der Waals surface area contributed by atoms with Crippen molar-refractivity contribution in [2.75, 3.05) is 0 Å². The molecular formula is C15H23N3S. The quantitative estimate of drug-likeness (QED) is 0.845. The predicted octanol–water partition coefficient (Wildman–Crippen LogP) is 4.02. The number of hydrogen-bond donors (Lipinski definition) is 0. The lowest BCUT2D eigenvalue weighted by Crippen LogP contribution is -1.99. The average Bonchev–Trinajstić information content (AvgIpc) is 2.82. The summed E-state index contributed by atoms with van der Waals surface area (Å²) >= 11 is 1.82. The number of aromatic nitrogens is 3. The van der Waals surface area contributed by atoms with Crippen molar-refractivity contribution >= 4 is 11.3 Å². The van der Waals surface area contributed by atoms with Gasteiger partial charge in [-0.1, -0.05) is 27.7 Å². The molecule has 2 aromatic rings. The van der Waals surface area contributed by atoms with Crippen LogP contribution in [0.2, 0.25) is 0 Å². The Balaban J connectivity index is 2.36. The van der Waals surface area contributed by atoms with E-state index in [4.69, 9.17) is 4.98 Å². The maximum absolute atomic E-state index is 4.72. The zero-order chi connectivity index (χ0) is 14.2. The SMILES string of the molecule is Cc1nc(Cc2cn(C)nc2C(C)C)c(C(C)C)s1. The number of rotatable bonds is 4. The Bertz CT molecular complexity index is 514. The van der Waals surface area contributed by atoms with Crippen molar-refractivity contribution in [3.8, 4) is 0 Å². The van der Waals surface area contributed by atoms with E-state index in [2.05, 4.69) is 45.9 Å². The molecular weight excluding hydrogens is 254 g/mol. The first-order chi connectivity index (χ1) is 8.88. The summed E-state index contributed by atoms with van der Waals surface area (Å²) in [6.45, 7) is 11.0. The van der Waals surface area contributed by atoms with Gasteiger partial charge in [0.1, 0.15) is 0 Å². The van der Waals surface area contributed by atoms with Crippen LogP contribution in [-0.2, 0) is 13.5 Å². The van der Waals surface area contributed by atoms with Crippen molar-refractivity contribution in [2.24, 2.45) is 7.05 Å². The van der Waals surface area contributed by atoms with Gasteiger partial charge in [0.15, 0.2) is 0 Å². The highest BCUT2D eigenvalue weighted by molar-refractivity contribution is 7.11. The topological polar surface area (TPSA) is 30.7 Å². The van der Waals surface area contributed by atoms with E-state index in [0.29, 0.717) is 11.8 Å². The Morgan fingerprint density at radius 2 is 1.89 bits per heavy atom. The van der Waals surface area contributed by atoms with Gasteiger partial charge in [-0.25, -0.2) is 4.98 Å². The zero-order valence-corrected chi connectivity index (χ0v) is 13.5. The predicted molar refractivity (Wildman–Crippen MR) is 81.0 cm³/mol. The lowest BCUT2D eigenvalue weighted by atomic mass is 10.0. The first-order valence-corrected chi connectivity index (χ1v) is 7.68. The van der Waals surface area contributed by atoms with Crippen LogP contribution in [-0.4, -0.2) is 14.8 Å². The molecule has 2 rings (SSSR count). The zero-order valence-electron chi connectivity index (χ0n) is 12.7. The Hall–Kier alpha value is -1.16. The molecule has 0 N–H and O–H groups in total. The van der Waals surface area contributed by atoms with Crippen LogP contribution >= 0.6 is 11.3 Å². The summed E-state index contributed by atoms with van der Waals surface area (Å²) in [5, 5.41) is 5.74. The van der Waals surface area contributed by atoms with E-state index in [9.17, 15) is 0 Å². The average molecular weight is 277 g/mol. The largest absolute Gasteiger partial charge is 0.275 e. The van der Waals surface area contributed by atoms with E-state index in [1.54, 1.807) is 0 Å². The Kier molecular flexibility index (Phi) is 4.09. The van der Waals surface area contributed by atoms with Crippen LogP contribution in [0.3, 0.4) is 0 Å². The fraction of sp³-hybridized carbons (Fsp3) is 0.600. The molecule has 0 aliphatic rings. The summed E-state index contributed by atoms with van der Waals surface area (Å²) in [5.41, 5.74) is 3.74. The molecule has 0 unspecified atom stereocenters. The van der Waals surface area contributed by atoms with Crippen LogP contribution in [0.5, 0.6) is 0 Å². The van der Waals surface area contributed by atoms with E-state index in [1.165, 1.54) is 21.8 Å². The van der Waals surface area contributed by atoms with Gasteiger partial charge in [0.25, 0.3) is 0 Å². The molecule has 0 aliphatic heterocycles. The van der Waals surface area contributed by atoms with E-state index >= 15 is 0 Å². The van der Waals surface area contributed by atoms with Crippen LogP contribution in [0, 0.1) is 6.92 Å². The minimum Gasteiger partial charge on any atom is -0.275 e. The van der Waals surface area contributed by atoms with Gasteiger partial charge in [-0.05, 0) is 24.3 Å². The summed E-state index contributed by atoms with van der Waals surface area (Å²) in [6, 6.07) is 0. The normalized spacial score (nSPS) is 11.8. The van der Waals surface area contributed by atoms with Crippen LogP contribution in [0.15, 0.2) is 6.20 Å². The van der Waals surface area contributed by atoms with Crippen LogP contribution in [0.25, 0.3) is 0 Å². The molecule has 2 aromatic heterocycles. The van der Waals surface area contributed by atoms with E-state index in [-0.39, 0.29) is 0 Å². The highest BCUT2D eigenvalue weighted by atomic mass is 32.1. The van der Waals surface area contributed by atoms with Gasteiger partial charge in [-0.2, -0.15) is 5.10 Å². The number of hydrogen-bond acceptors (Lipinski definition) is 3. The smallest absolute Gasteiger partial charge is 0.0900 e. The molecule has 0 saturated carbocycles. The summed E-state index contributed by atoms with van der Waals surface area (Å²) in [4.78, 5) is 6.13. The first-order valence-electron chi connectivity index (χ1n) is 6.87. The van der Waals surface area contributed by atoms with Gasteiger partial charge in [0, 0.05) is 24.5 Å². The molecule has 0 bridgehead atoms. The van der Waals surface area contributed by atoms with Crippen LogP contribution in [0.1, 0.15) is 66.4 Å². The van der Waals surface area contributed by atoms with Gasteiger partial charge in [0.05, 0.1) is 16.4 Å². The van der Waals surface area contributed by atoms with Gasteiger partial charge in [-0.3, -0.25) is 4.68 Å². The molecule has 2 heterocycles. The van der Waals surface area contributed by atoms with Crippen molar-refractivity contribution < 1.29 is 0 Å².